The largest absolute Gasteiger partial charge is 0.484 e. The minimum absolute atomic E-state index is 0.155. The molecular formula is C18H18F3N3O4. The summed E-state index contributed by atoms with van der Waals surface area (Å²) in [6.45, 7) is 1.54. The highest BCUT2D eigenvalue weighted by atomic mass is 19.4. The van der Waals surface area contributed by atoms with E-state index < -0.39 is 29.8 Å². The molecule has 1 aromatic carbocycles. The van der Waals surface area contributed by atoms with Crippen molar-refractivity contribution in [1.82, 2.24) is 9.88 Å². The van der Waals surface area contributed by atoms with Gasteiger partial charge in [0.25, 0.3) is 11.5 Å². The number of hydrogen-bond donors (Lipinski definition) is 2. The number of likely N-dealkylation sites (N-methyl/N-ethyl adjacent to an activating group) is 1. The summed E-state index contributed by atoms with van der Waals surface area (Å²) in [7, 11) is 0. The Balaban J connectivity index is 1.97. The van der Waals surface area contributed by atoms with Crippen LogP contribution in [-0.4, -0.2) is 29.5 Å². The maximum Gasteiger partial charge on any atom is 0.421 e. The predicted molar refractivity (Wildman–Crippen MR) is 95.0 cm³/mol. The highest BCUT2D eigenvalue weighted by molar-refractivity contribution is 5.90. The lowest BCUT2D eigenvalue weighted by atomic mass is 10.2. The number of rotatable bonds is 7. The zero-order valence-electron chi connectivity index (χ0n) is 14.9. The molecular weight excluding hydrogens is 379 g/mol. The van der Waals surface area contributed by atoms with Crippen LogP contribution >= 0.6 is 0 Å². The number of amides is 2. The van der Waals surface area contributed by atoms with E-state index >= 15 is 0 Å². The maximum atomic E-state index is 12.8. The highest BCUT2D eigenvalue weighted by Crippen LogP contribution is 2.26. The Hall–Kier alpha value is -3.30. The number of anilines is 1. The number of carbonyl (C=O) groups is 2. The first-order valence-corrected chi connectivity index (χ1v) is 8.26. The molecule has 2 amide bonds. The van der Waals surface area contributed by atoms with Gasteiger partial charge in [-0.3, -0.25) is 14.4 Å². The van der Waals surface area contributed by atoms with Gasteiger partial charge in [0.05, 0.1) is 0 Å². The second-order valence-corrected chi connectivity index (χ2v) is 5.67. The molecule has 1 aromatic heterocycles. The van der Waals surface area contributed by atoms with Crippen molar-refractivity contribution in [1.29, 1.82) is 0 Å². The zero-order chi connectivity index (χ0) is 20.7. The summed E-state index contributed by atoms with van der Waals surface area (Å²) in [5, 5.41) is 5.05. The second kappa shape index (κ2) is 9.07. The van der Waals surface area contributed by atoms with Crippen molar-refractivity contribution in [2.24, 2.45) is 0 Å². The predicted octanol–water partition coefficient (Wildman–Crippen LogP) is 2.02. The molecule has 7 nitrogen and oxygen atoms in total. The van der Waals surface area contributed by atoms with E-state index in [1.807, 2.05) is 0 Å². The summed E-state index contributed by atoms with van der Waals surface area (Å²) >= 11 is 0. The molecule has 0 atom stereocenters. The van der Waals surface area contributed by atoms with Crippen LogP contribution < -0.4 is 20.9 Å². The van der Waals surface area contributed by atoms with E-state index in [0.29, 0.717) is 28.6 Å². The SMILES string of the molecule is CCNC(=O)COc1ccc(NC(=O)Cn2cccc(C(F)(F)F)c2=O)cc1. The number of halogens is 3. The molecule has 2 rings (SSSR count). The minimum Gasteiger partial charge on any atom is -0.484 e. The van der Waals surface area contributed by atoms with Gasteiger partial charge in [-0.05, 0) is 43.3 Å². The number of alkyl halides is 3. The number of hydrogen-bond acceptors (Lipinski definition) is 4. The van der Waals surface area contributed by atoms with Crippen LogP contribution in [0.15, 0.2) is 47.4 Å². The third-order valence-electron chi connectivity index (χ3n) is 3.52. The summed E-state index contributed by atoms with van der Waals surface area (Å²) in [4.78, 5) is 35.2. The Kier molecular flexibility index (Phi) is 6.80. The first kappa shape index (κ1) is 21.0. The molecule has 1 heterocycles. The van der Waals surface area contributed by atoms with E-state index in [-0.39, 0.29) is 12.5 Å². The van der Waals surface area contributed by atoms with Gasteiger partial charge in [0.1, 0.15) is 17.9 Å². The summed E-state index contributed by atoms with van der Waals surface area (Å²) in [5.74, 6) is -0.540. The molecule has 2 N–H and O–H groups in total. The molecule has 0 saturated carbocycles. The van der Waals surface area contributed by atoms with Gasteiger partial charge >= 0.3 is 6.18 Å². The van der Waals surface area contributed by atoms with E-state index in [0.717, 1.165) is 12.3 Å². The van der Waals surface area contributed by atoms with E-state index in [2.05, 4.69) is 10.6 Å². The summed E-state index contributed by atoms with van der Waals surface area (Å²) in [6, 6.07) is 7.75. The van der Waals surface area contributed by atoms with Crippen molar-refractivity contribution in [3.8, 4) is 5.75 Å². The first-order chi connectivity index (χ1) is 13.2. The number of pyridine rings is 1. The molecule has 0 aliphatic heterocycles. The quantitative estimate of drug-likeness (QED) is 0.748. The van der Waals surface area contributed by atoms with Gasteiger partial charge in [-0.15, -0.1) is 0 Å². The molecule has 0 fully saturated rings. The van der Waals surface area contributed by atoms with Crippen LogP contribution in [0.4, 0.5) is 18.9 Å². The fourth-order valence-electron chi connectivity index (χ4n) is 2.26. The van der Waals surface area contributed by atoms with E-state index in [1.54, 1.807) is 6.92 Å². The molecule has 0 bridgehead atoms. The monoisotopic (exact) mass is 397 g/mol. The molecule has 10 heteroatoms. The van der Waals surface area contributed by atoms with Crippen molar-refractivity contribution in [3.05, 3.63) is 58.5 Å². The lowest BCUT2D eigenvalue weighted by Crippen LogP contribution is -2.31. The fraction of sp³-hybridized carbons (Fsp3) is 0.278. The van der Waals surface area contributed by atoms with Crippen LogP contribution in [0.2, 0.25) is 0 Å². The fourth-order valence-corrected chi connectivity index (χ4v) is 2.26. The van der Waals surface area contributed by atoms with Crippen molar-refractivity contribution >= 4 is 17.5 Å². The standard InChI is InChI=1S/C18H18F3N3O4/c1-2-22-16(26)11-28-13-7-5-12(6-8-13)23-15(25)10-24-9-3-4-14(17(24)27)18(19,20)21/h3-9H,2,10-11H2,1H3,(H,22,26)(H,23,25). The van der Waals surface area contributed by atoms with Gasteiger partial charge in [-0.25, -0.2) is 0 Å². The molecule has 0 spiro atoms. The molecule has 0 saturated heterocycles. The van der Waals surface area contributed by atoms with Gasteiger partial charge in [0, 0.05) is 18.4 Å². The van der Waals surface area contributed by atoms with Crippen molar-refractivity contribution in [2.45, 2.75) is 19.6 Å². The Morgan fingerprint density at radius 2 is 1.79 bits per heavy atom. The third-order valence-corrected chi connectivity index (χ3v) is 3.52. The summed E-state index contributed by atoms with van der Waals surface area (Å²) < 4.78 is 44.2. The van der Waals surface area contributed by atoms with E-state index in [4.69, 9.17) is 4.74 Å². The van der Waals surface area contributed by atoms with Gasteiger partial charge < -0.3 is 19.9 Å². The van der Waals surface area contributed by atoms with Crippen LogP contribution in [0.25, 0.3) is 0 Å². The van der Waals surface area contributed by atoms with Crippen LogP contribution in [-0.2, 0) is 22.3 Å². The van der Waals surface area contributed by atoms with Gasteiger partial charge in [-0.2, -0.15) is 13.2 Å². The van der Waals surface area contributed by atoms with Crippen LogP contribution in [0.3, 0.4) is 0 Å². The van der Waals surface area contributed by atoms with E-state index in [1.165, 1.54) is 24.3 Å². The van der Waals surface area contributed by atoms with Crippen LogP contribution in [0.5, 0.6) is 5.75 Å². The maximum absolute atomic E-state index is 12.8. The molecule has 0 radical (unpaired) electrons. The van der Waals surface area contributed by atoms with Crippen LogP contribution in [0.1, 0.15) is 12.5 Å². The number of benzene rings is 1. The van der Waals surface area contributed by atoms with Gasteiger partial charge in [0.15, 0.2) is 6.61 Å². The van der Waals surface area contributed by atoms with Gasteiger partial charge in [-0.1, -0.05) is 0 Å². The van der Waals surface area contributed by atoms with Crippen molar-refractivity contribution < 1.29 is 27.5 Å². The average Bonchev–Trinajstić information content (AvgIpc) is 2.62. The van der Waals surface area contributed by atoms with Crippen molar-refractivity contribution in [3.63, 3.8) is 0 Å². The Morgan fingerprint density at radius 1 is 1.11 bits per heavy atom. The Morgan fingerprint density at radius 3 is 2.39 bits per heavy atom. The molecule has 0 aliphatic rings. The third kappa shape index (κ3) is 5.86. The zero-order valence-corrected chi connectivity index (χ0v) is 14.9. The van der Waals surface area contributed by atoms with Crippen molar-refractivity contribution in [2.75, 3.05) is 18.5 Å². The molecule has 150 valence electrons. The highest BCUT2D eigenvalue weighted by Gasteiger charge is 2.34. The van der Waals surface area contributed by atoms with Gasteiger partial charge in [0.2, 0.25) is 5.91 Å². The topological polar surface area (TPSA) is 89.4 Å². The van der Waals surface area contributed by atoms with E-state index in [9.17, 15) is 27.6 Å². The Bertz CT molecular complexity index is 892. The number of nitrogens with zero attached hydrogens (tertiary/aromatic N) is 1. The minimum atomic E-state index is -4.79. The number of nitrogens with one attached hydrogen (secondary N) is 2. The Labute approximate surface area is 158 Å². The molecule has 2 aromatic rings. The molecule has 28 heavy (non-hydrogen) atoms. The smallest absolute Gasteiger partial charge is 0.421 e. The summed E-state index contributed by atoms with van der Waals surface area (Å²) in [5.41, 5.74) is -2.27. The second-order valence-electron chi connectivity index (χ2n) is 5.67. The normalized spacial score (nSPS) is 11.0. The average molecular weight is 397 g/mol. The lowest BCUT2D eigenvalue weighted by Gasteiger charge is -2.11. The summed E-state index contributed by atoms with van der Waals surface area (Å²) in [6.07, 6.45) is -3.68. The lowest BCUT2D eigenvalue weighted by molar-refractivity contribution is -0.139. The number of ether oxygens (including phenoxy) is 1. The number of carbonyl (C=O) groups excluding carboxylic acids is 2. The molecule has 0 unspecified atom stereocenters. The number of aromatic nitrogens is 1. The first-order valence-electron chi connectivity index (χ1n) is 8.26. The molecule has 0 aliphatic carbocycles. The van der Waals surface area contributed by atoms with Crippen LogP contribution in [0, 0.1) is 0 Å².